The lowest BCUT2D eigenvalue weighted by atomic mass is 9.91. The van der Waals surface area contributed by atoms with Gasteiger partial charge in [0.15, 0.2) is 5.76 Å². The van der Waals surface area contributed by atoms with Gasteiger partial charge in [-0.15, -0.1) is 0 Å². The number of hydrogen-bond donors (Lipinski definition) is 0. The number of carbonyl (C=O) groups is 1. The molecular weight excluding hydrogens is 432 g/mol. The zero-order valence-corrected chi connectivity index (χ0v) is 19.6. The Morgan fingerprint density at radius 3 is 2.88 bits per heavy atom. The largest absolute Gasteiger partial charge is 0.496 e. The van der Waals surface area contributed by atoms with Crippen LogP contribution in [0.25, 0.3) is 6.08 Å². The van der Waals surface area contributed by atoms with Crippen molar-refractivity contribution >= 4 is 35.1 Å². The van der Waals surface area contributed by atoms with E-state index in [0.717, 1.165) is 29.8 Å². The van der Waals surface area contributed by atoms with E-state index in [1.54, 1.807) is 13.2 Å². The number of thiocarbonyl (C=S) groups is 1. The average molecular weight is 459 g/mol. The van der Waals surface area contributed by atoms with Crippen LogP contribution in [0, 0.1) is 0 Å². The summed E-state index contributed by atoms with van der Waals surface area (Å²) in [6, 6.07) is 14.1. The maximum absolute atomic E-state index is 13.0. The highest BCUT2D eigenvalue weighted by atomic mass is 32.1. The summed E-state index contributed by atoms with van der Waals surface area (Å²) in [6.45, 7) is 3.54. The van der Waals surface area contributed by atoms with Crippen molar-refractivity contribution in [2.75, 3.05) is 25.1 Å². The zero-order chi connectivity index (χ0) is 22.9. The number of ether oxygens (including phenoxy) is 2. The Morgan fingerprint density at radius 2 is 2.06 bits per heavy atom. The quantitative estimate of drug-likeness (QED) is 0.440. The second-order valence-corrected chi connectivity index (χ2v) is 8.61. The molecule has 1 saturated heterocycles. The minimum absolute atomic E-state index is 0.196. The third kappa shape index (κ3) is 3.85. The van der Waals surface area contributed by atoms with Crippen LogP contribution in [-0.4, -0.2) is 36.2 Å². The highest BCUT2D eigenvalue weighted by Crippen LogP contribution is 2.47. The summed E-state index contributed by atoms with van der Waals surface area (Å²) in [7, 11) is 1.65. The van der Waals surface area contributed by atoms with Gasteiger partial charge in [0.05, 0.1) is 7.11 Å². The highest BCUT2D eigenvalue weighted by Gasteiger charge is 2.35. The number of nitrogens with zero attached hydrogens (tertiary/aromatic N) is 2. The van der Waals surface area contributed by atoms with Crippen molar-refractivity contribution < 1.29 is 14.3 Å². The van der Waals surface area contributed by atoms with Gasteiger partial charge in [-0.05, 0) is 79.0 Å². The van der Waals surface area contributed by atoms with Gasteiger partial charge in [0.1, 0.15) is 5.75 Å². The van der Waals surface area contributed by atoms with Gasteiger partial charge < -0.3 is 14.4 Å². The van der Waals surface area contributed by atoms with E-state index in [1.807, 2.05) is 30.3 Å². The van der Waals surface area contributed by atoms with E-state index >= 15 is 0 Å². The monoisotopic (exact) mass is 458 g/mol. The molecule has 2 aromatic carbocycles. The third-order valence-electron chi connectivity index (χ3n) is 6.45. The van der Waals surface area contributed by atoms with E-state index in [-0.39, 0.29) is 16.8 Å². The minimum Gasteiger partial charge on any atom is -0.496 e. The van der Waals surface area contributed by atoms with Crippen molar-refractivity contribution in [1.29, 1.82) is 0 Å². The minimum atomic E-state index is -0.202. The van der Waals surface area contributed by atoms with E-state index in [1.165, 1.54) is 21.8 Å². The zero-order valence-electron chi connectivity index (χ0n) is 18.8. The molecule has 33 heavy (non-hydrogen) atoms. The Bertz CT molecular complexity index is 1210. The molecule has 0 saturated carbocycles. The molecule has 5 rings (SSSR count). The molecule has 1 atom stereocenters. The number of benzene rings is 2. The second kappa shape index (κ2) is 8.87. The highest BCUT2D eigenvalue weighted by molar-refractivity contribution is 7.80. The number of hydrogen-bond acceptors (Lipinski definition) is 5. The van der Waals surface area contributed by atoms with Gasteiger partial charge in [0.2, 0.25) is 0 Å². The van der Waals surface area contributed by atoms with E-state index < -0.39 is 0 Å². The molecule has 6 heteroatoms. The fraction of sp³-hybridized carbons (Fsp3) is 0.259. The van der Waals surface area contributed by atoms with Crippen LogP contribution in [0.3, 0.4) is 0 Å². The van der Waals surface area contributed by atoms with Gasteiger partial charge >= 0.3 is 0 Å². The van der Waals surface area contributed by atoms with Gasteiger partial charge in [-0.2, -0.15) is 0 Å². The Kier molecular flexibility index (Phi) is 5.77. The number of likely N-dealkylation sites (N-methyl/N-ethyl adjacent to an activating group) is 1. The van der Waals surface area contributed by atoms with Crippen molar-refractivity contribution in [3.8, 4) is 5.75 Å². The normalized spacial score (nSPS) is 20.1. The summed E-state index contributed by atoms with van der Waals surface area (Å²) in [6.07, 6.45) is 9.97. The third-order valence-corrected chi connectivity index (χ3v) is 6.75. The van der Waals surface area contributed by atoms with Crippen molar-refractivity contribution in [2.24, 2.45) is 0 Å². The van der Waals surface area contributed by atoms with Crippen LogP contribution in [0.2, 0.25) is 0 Å². The molecule has 1 amide bonds. The first-order valence-corrected chi connectivity index (χ1v) is 11.7. The predicted octanol–water partition coefficient (Wildman–Crippen LogP) is 5.19. The molecule has 1 aliphatic carbocycles. The first-order chi connectivity index (χ1) is 16.1. The lowest BCUT2D eigenvalue weighted by molar-refractivity contribution is -0.122. The Labute approximate surface area is 199 Å². The summed E-state index contributed by atoms with van der Waals surface area (Å²) in [5.41, 5.74) is 5.85. The number of fused-ring (bicyclic) bond motifs is 3. The Balaban J connectivity index is 1.36. The molecule has 3 aliphatic rings. The molecule has 2 heterocycles. The summed E-state index contributed by atoms with van der Waals surface area (Å²) < 4.78 is 11.1. The average Bonchev–Trinajstić information content (AvgIpc) is 3.30. The standard InChI is InChI=1S/C27H26N2O3S/c1-3-28-22-10-6-5-9-20(22)21-16-18(12-13-23(21)28)17-25-26(30)29(27(33)32-25)15-14-19-8-4-7-11-24(19)31-2/h4-8,10-13,16-17,20H,3,9,14-15H2,1-2H3. The van der Waals surface area contributed by atoms with Gasteiger partial charge in [-0.25, -0.2) is 0 Å². The molecule has 0 spiro atoms. The number of anilines is 1. The SMILES string of the molecule is CCN1C2=CC=CCC2c2cc(C=C3OC(=S)N(CCc4ccccc4OC)C3=O)ccc21. The van der Waals surface area contributed by atoms with Crippen molar-refractivity contribution in [2.45, 2.75) is 25.7 Å². The van der Waals surface area contributed by atoms with Gasteiger partial charge in [-0.1, -0.05) is 36.4 Å². The van der Waals surface area contributed by atoms with Gasteiger partial charge in [-0.3, -0.25) is 9.69 Å². The molecular formula is C27H26N2O3S. The molecule has 2 aromatic rings. The first-order valence-electron chi connectivity index (χ1n) is 11.3. The topological polar surface area (TPSA) is 42.0 Å². The molecule has 0 N–H and O–H groups in total. The van der Waals surface area contributed by atoms with E-state index in [4.69, 9.17) is 21.7 Å². The fourth-order valence-corrected chi connectivity index (χ4v) is 5.11. The van der Waals surface area contributed by atoms with E-state index in [2.05, 4.69) is 42.2 Å². The lowest BCUT2D eigenvalue weighted by Crippen LogP contribution is -2.30. The van der Waals surface area contributed by atoms with E-state index in [9.17, 15) is 4.79 Å². The Hall–Kier alpha value is -3.38. The molecule has 0 bridgehead atoms. The van der Waals surface area contributed by atoms with Crippen molar-refractivity contribution in [3.05, 3.63) is 88.8 Å². The second-order valence-electron chi connectivity index (χ2n) is 8.27. The van der Waals surface area contributed by atoms with Crippen LogP contribution in [0.1, 0.15) is 36.0 Å². The van der Waals surface area contributed by atoms with Crippen LogP contribution in [-0.2, 0) is 16.0 Å². The van der Waals surface area contributed by atoms with Crippen LogP contribution in [0.5, 0.6) is 5.75 Å². The van der Waals surface area contributed by atoms with Crippen LogP contribution in [0.15, 0.2) is 72.1 Å². The number of carbonyl (C=O) groups excluding carboxylic acids is 1. The fourth-order valence-electron chi connectivity index (χ4n) is 4.85. The predicted molar refractivity (Wildman–Crippen MR) is 134 cm³/mol. The molecule has 1 fully saturated rings. The molecule has 168 valence electrons. The molecule has 5 nitrogen and oxygen atoms in total. The lowest BCUT2D eigenvalue weighted by Gasteiger charge is -2.22. The summed E-state index contributed by atoms with van der Waals surface area (Å²) >= 11 is 5.36. The van der Waals surface area contributed by atoms with Gasteiger partial charge in [0, 0.05) is 30.4 Å². The van der Waals surface area contributed by atoms with Crippen LogP contribution >= 0.6 is 12.2 Å². The number of rotatable bonds is 6. The van der Waals surface area contributed by atoms with Crippen molar-refractivity contribution in [3.63, 3.8) is 0 Å². The maximum Gasteiger partial charge on any atom is 0.297 e. The molecule has 2 aliphatic heterocycles. The van der Waals surface area contributed by atoms with E-state index in [0.29, 0.717) is 18.9 Å². The maximum atomic E-state index is 13.0. The van der Waals surface area contributed by atoms with Crippen LogP contribution in [0.4, 0.5) is 5.69 Å². The molecule has 0 aromatic heterocycles. The summed E-state index contributed by atoms with van der Waals surface area (Å²) in [5.74, 6) is 1.23. The number of amides is 1. The Morgan fingerprint density at radius 1 is 1.21 bits per heavy atom. The number of methoxy groups -OCH3 is 1. The first kappa shape index (κ1) is 21.5. The summed E-state index contributed by atoms with van der Waals surface area (Å²) in [4.78, 5) is 16.9. The summed E-state index contributed by atoms with van der Waals surface area (Å²) in [5, 5.41) is 0.196. The molecule has 0 radical (unpaired) electrons. The smallest absolute Gasteiger partial charge is 0.297 e. The number of para-hydroxylation sites is 1. The van der Waals surface area contributed by atoms with Crippen LogP contribution < -0.4 is 9.64 Å². The van der Waals surface area contributed by atoms with Crippen molar-refractivity contribution in [1.82, 2.24) is 4.90 Å². The number of allylic oxidation sites excluding steroid dienone is 4. The van der Waals surface area contributed by atoms with Gasteiger partial charge in [0.25, 0.3) is 11.1 Å². The molecule has 1 unspecified atom stereocenters.